The van der Waals surface area contributed by atoms with Crippen LogP contribution in [0, 0.1) is 0 Å². The van der Waals surface area contributed by atoms with Gasteiger partial charge < -0.3 is 0 Å². The summed E-state index contributed by atoms with van der Waals surface area (Å²) in [5.74, 6) is 1.84. The number of fused-ring (bicyclic) bond motifs is 5. The number of rotatable bonds is 2. The molecule has 0 saturated heterocycles. The molecule has 2 unspecified atom stereocenters. The molecule has 2 aliphatic carbocycles. The molecule has 1 saturated carbocycles. The first-order valence-electron chi connectivity index (χ1n) is 5.96. The Labute approximate surface area is 90.5 Å². The molecule has 0 amide bonds. The Kier molecular flexibility index (Phi) is 1.95. The standard InChI is InChI=1S/C14H16O/c1-2-14(15)11-5-6-12-9-3-4-10(7-9)13(12)8-11/h5-6,8-10H,2-4,7H2,1H3. The van der Waals surface area contributed by atoms with E-state index in [0.29, 0.717) is 6.42 Å². The number of hydrogen-bond donors (Lipinski definition) is 0. The van der Waals surface area contributed by atoms with Crippen LogP contribution in [0.25, 0.3) is 0 Å². The highest BCUT2D eigenvalue weighted by atomic mass is 16.1. The summed E-state index contributed by atoms with van der Waals surface area (Å²) < 4.78 is 0. The van der Waals surface area contributed by atoms with Gasteiger partial charge in [0.1, 0.15) is 0 Å². The quantitative estimate of drug-likeness (QED) is 0.666. The average Bonchev–Trinajstić information content (AvgIpc) is 2.88. The van der Waals surface area contributed by atoms with Crippen LogP contribution in [0.2, 0.25) is 0 Å². The Morgan fingerprint density at radius 1 is 1.27 bits per heavy atom. The van der Waals surface area contributed by atoms with Crippen molar-refractivity contribution in [1.29, 1.82) is 0 Å². The first-order chi connectivity index (χ1) is 7.29. The van der Waals surface area contributed by atoms with Gasteiger partial charge in [-0.3, -0.25) is 4.79 Å². The van der Waals surface area contributed by atoms with Crippen molar-refractivity contribution in [3.05, 3.63) is 34.9 Å². The molecule has 0 aromatic heterocycles. The molecule has 0 N–H and O–H groups in total. The lowest BCUT2D eigenvalue weighted by molar-refractivity contribution is 0.0988. The van der Waals surface area contributed by atoms with E-state index in [-0.39, 0.29) is 5.78 Å². The monoisotopic (exact) mass is 200 g/mol. The largest absolute Gasteiger partial charge is 0.294 e. The molecule has 0 spiro atoms. The van der Waals surface area contributed by atoms with Crippen molar-refractivity contribution in [2.24, 2.45) is 0 Å². The van der Waals surface area contributed by atoms with Crippen molar-refractivity contribution in [2.45, 2.75) is 44.4 Å². The zero-order valence-electron chi connectivity index (χ0n) is 9.12. The van der Waals surface area contributed by atoms with E-state index in [1.165, 1.54) is 30.4 Å². The highest BCUT2D eigenvalue weighted by molar-refractivity contribution is 5.96. The second-order valence-corrected chi connectivity index (χ2v) is 4.83. The lowest BCUT2D eigenvalue weighted by Gasteiger charge is -2.15. The third kappa shape index (κ3) is 1.26. The van der Waals surface area contributed by atoms with Crippen LogP contribution in [0.1, 0.15) is 65.9 Å². The summed E-state index contributed by atoms with van der Waals surface area (Å²) in [6.07, 6.45) is 4.64. The van der Waals surface area contributed by atoms with Crippen LogP contribution in [-0.4, -0.2) is 5.78 Å². The predicted octanol–water partition coefficient (Wildman–Crippen LogP) is 3.64. The van der Waals surface area contributed by atoms with Crippen molar-refractivity contribution in [3.63, 3.8) is 0 Å². The fraction of sp³-hybridized carbons (Fsp3) is 0.500. The molecule has 2 bridgehead atoms. The van der Waals surface area contributed by atoms with Crippen LogP contribution in [0.15, 0.2) is 18.2 Å². The van der Waals surface area contributed by atoms with Crippen molar-refractivity contribution < 1.29 is 4.79 Å². The molecule has 1 heteroatoms. The summed E-state index contributed by atoms with van der Waals surface area (Å²) >= 11 is 0. The van der Waals surface area contributed by atoms with E-state index in [4.69, 9.17) is 0 Å². The van der Waals surface area contributed by atoms with Crippen molar-refractivity contribution in [2.75, 3.05) is 0 Å². The van der Waals surface area contributed by atoms with Gasteiger partial charge >= 0.3 is 0 Å². The summed E-state index contributed by atoms with van der Waals surface area (Å²) in [7, 11) is 0. The SMILES string of the molecule is CCC(=O)c1ccc2c(c1)C1CCC2C1. The van der Waals surface area contributed by atoms with Gasteiger partial charge in [-0.05, 0) is 48.3 Å². The topological polar surface area (TPSA) is 17.1 Å². The highest BCUT2D eigenvalue weighted by Crippen LogP contribution is 2.53. The third-order valence-corrected chi connectivity index (χ3v) is 4.04. The van der Waals surface area contributed by atoms with Crippen LogP contribution in [0.5, 0.6) is 0 Å². The number of carbonyl (C=O) groups is 1. The number of Topliss-reactive ketones (excluding diaryl/α,β-unsaturated/α-hetero) is 1. The Bertz CT molecular complexity index is 419. The van der Waals surface area contributed by atoms with Crippen molar-refractivity contribution >= 4 is 5.78 Å². The Balaban J connectivity index is 2.04. The van der Waals surface area contributed by atoms with Crippen LogP contribution in [-0.2, 0) is 0 Å². The summed E-state index contributed by atoms with van der Waals surface area (Å²) in [4.78, 5) is 11.6. The minimum Gasteiger partial charge on any atom is -0.294 e. The Hall–Kier alpha value is -1.11. The minimum atomic E-state index is 0.278. The molecular formula is C14H16O. The van der Waals surface area contributed by atoms with E-state index >= 15 is 0 Å². The van der Waals surface area contributed by atoms with Crippen LogP contribution in [0.4, 0.5) is 0 Å². The number of benzene rings is 1. The van der Waals surface area contributed by atoms with Gasteiger partial charge in [-0.25, -0.2) is 0 Å². The van der Waals surface area contributed by atoms with Gasteiger partial charge in [0.2, 0.25) is 0 Å². The average molecular weight is 200 g/mol. The Morgan fingerprint density at radius 2 is 2.00 bits per heavy atom. The van der Waals surface area contributed by atoms with Gasteiger partial charge in [-0.2, -0.15) is 0 Å². The first kappa shape index (κ1) is 9.14. The van der Waals surface area contributed by atoms with E-state index in [0.717, 1.165) is 17.4 Å². The molecule has 1 fully saturated rings. The second kappa shape index (κ2) is 3.19. The molecule has 2 atom stereocenters. The van der Waals surface area contributed by atoms with Gasteiger partial charge in [0.15, 0.2) is 5.78 Å². The molecular weight excluding hydrogens is 184 g/mol. The lowest BCUT2D eigenvalue weighted by atomic mass is 9.89. The minimum absolute atomic E-state index is 0.278. The molecule has 3 rings (SSSR count). The zero-order valence-corrected chi connectivity index (χ0v) is 9.12. The van der Waals surface area contributed by atoms with E-state index in [1.807, 2.05) is 13.0 Å². The maximum absolute atomic E-state index is 11.6. The first-order valence-corrected chi connectivity index (χ1v) is 5.96. The molecule has 1 nitrogen and oxygen atoms in total. The maximum Gasteiger partial charge on any atom is 0.162 e. The maximum atomic E-state index is 11.6. The molecule has 0 radical (unpaired) electrons. The van der Waals surface area contributed by atoms with Crippen molar-refractivity contribution in [1.82, 2.24) is 0 Å². The second-order valence-electron chi connectivity index (χ2n) is 4.83. The molecule has 0 aliphatic heterocycles. The molecule has 1 aromatic rings. The highest BCUT2D eigenvalue weighted by Gasteiger charge is 2.36. The van der Waals surface area contributed by atoms with Gasteiger partial charge in [0, 0.05) is 12.0 Å². The van der Waals surface area contributed by atoms with Gasteiger partial charge in [-0.15, -0.1) is 0 Å². The molecule has 0 heterocycles. The molecule has 78 valence electrons. The third-order valence-electron chi connectivity index (χ3n) is 4.04. The fourth-order valence-corrected chi connectivity index (χ4v) is 3.22. The van der Waals surface area contributed by atoms with Gasteiger partial charge in [-0.1, -0.05) is 19.1 Å². The zero-order chi connectivity index (χ0) is 10.4. The smallest absolute Gasteiger partial charge is 0.162 e. The van der Waals surface area contributed by atoms with Gasteiger partial charge in [0.05, 0.1) is 0 Å². The van der Waals surface area contributed by atoms with Gasteiger partial charge in [0.25, 0.3) is 0 Å². The Morgan fingerprint density at radius 3 is 2.73 bits per heavy atom. The predicted molar refractivity (Wildman–Crippen MR) is 60.4 cm³/mol. The van der Waals surface area contributed by atoms with Crippen LogP contribution in [0.3, 0.4) is 0 Å². The fourth-order valence-electron chi connectivity index (χ4n) is 3.22. The number of hydrogen-bond acceptors (Lipinski definition) is 1. The van der Waals surface area contributed by atoms with E-state index in [2.05, 4.69) is 12.1 Å². The number of ketones is 1. The van der Waals surface area contributed by atoms with Crippen molar-refractivity contribution in [3.8, 4) is 0 Å². The van der Waals surface area contributed by atoms with E-state index in [9.17, 15) is 4.79 Å². The van der Waals surface area contributed by atoms with Crippen LogP contribution >= 0.6 is 0 Å². The summed E-state index contributed by atoms with van der Waals surface area (Å²) in [6.45, 7) is 1.93. The molecule has 2 aliphatic rings. The lowest BCUT2D eigenvalue weighted by Crippen LogP contribution is -2.02. The van der Waals surface area contributed by atoms with Crippen LogP contribution < -0.4 is 0 Å². The number of carbonyl (C=O) groups excluding carboxylic acids is 1. The summed E-state index contributed by atoms with van der Waals surface area (Å²) in [5.41, 5.74) is 3.92. The van der Waals surface area contributed by atoms with E-state index < -0.39 is 0 Å². The summed E-state index contributed by atoms with van der Waals surface area (Å²) in [6, 6.07) is 6.37. The molecule has 1 aromatic carbocycles. The summed E-state index contributed by atoms with van der Waals surface area (Å²) in [5, 5.41) is 0. The normalized spacial score (nSPS) is 26.7. The van der Waals surface area contributed by atoms with E-state index in [1.54, 1.807) is 0 Å². The molecule has 15 heavy (non-hydrogen) atoms.